The normalized spacial score (nSPS) is 23.2. The van der Waals surface area contributed by atoms with Crippen LogP contribution >= 0.6 is 0 Å². The Morgan fingerprint density at radius 2 is 1.85 bits per heavy atom. The molecule has 0 saturated carbocycles. The predicted octanol–water partition coefficient (Wildman–Crippen LogP) is 1.01. The van der Waals surface area contributed by atoms with Crippen LogP contribution in [0.1, 0.15) is 30.1 Å². The molecule has 2 unspecified atom stereocenters. The number of benzene rings is 1. The lowest BCUT2D eigenvalue weighted by molar-refractivity contribution is -0.135. The van der Waals surface area contributed by atoms with E-state index in [1.807, 2.05) is 17.0 Å². The van der Waals surface area contributed by atoms with Crippen molar-refractivity contribution in [3.8, 4) is 0 Å². The molecule has 0 bridgehead atoms. The Kier molecular flexibility index (Phi) is 6.11. The van der Waals surface area contributed by atoms with Crippen LogP contribution in [0.25, 0.3) is 0 Å². The summed E-state index contributed by atoms with van der Waals surface area (Å²) < 4.78 is 4.73. The summed E-state index contributed by atoms with van der Waals surface area (Å²) in [6.07, 6.45) is 2.08. The van der Waals surface area contributed by atoms with E-state index in [2.05, 4.69) is 22.7 Å². The Balaban J connectivity index is 1.55. The smallest absolute Gasteiger partial charge is 0.337 e. The molecule has 2 aliphatic heterocycles. The van der Waals surface area contributed by atoms with Gasteiger partial charge in [-0.3, -0.25) is 15.6 Å². The molecular formula is C19H28N4O3. The second-order valence-corrected chi connectivity index (χ2v) is 6.88. The molecule has 2 saturated heterocycles. The molecule has 3 rings (SSSR count). The Hall–Kier alpha value is -2.12. The van der Waals surface area contributed by atoms with Crippen molar-refractivity contribution in [2.75, 3.05) is 44.7 Å². The van der Waals surface area contributed by atoms with E-state index in [-0.39, 0.29) is 23.8 Å². The van der Waals surface area contributed by atoms with Crippen LogP contribution < -0.4 is 15.8 Å². The van der Waals surface area contributed by atoms with Crippen molar-refractivity contribution < 1.29 is 14.3 Å². The second kappa shape index (κ2) is 8.51. The fraction of sp³-hybridized carbons (Fsp3) is 0.579. The summed E-state index contributed by atoms with van der Waals surface area (Å²) >= 11 is 0. The third kappa shape index (κ3) is 3.99. The standard InChI is InChI=1S/C19H28N4O3/c1-3-4-17-16(13-20-21-17)18(24)23-11-9-22(10-12-23)15-7-5-14(6-8-15)19(25)26-2/h5-8,16-17,20-21H,3-4,9-13H2,1-2H3. The maximum atomic E-state index is 12.9. The monoisotopic (exact) mass is 360 g/mol. The lowest BCUT2D eigenvalue weighted by Gasteiger charge is -2.37. The zero-order valence-corrected chi connectivity index (χ0v) is 15.5. The van der Waals surface area contributed by atoms with Gasteiger partial charge in [0.25, 0.3) is 0 Å². The zero-order chi connectivity index (χ0) is 18.5. The van der Waals surface area contributed by atoms with Gasteiger partial charge in [0.2, 0.25) is 5.91 Å². The van der Waals surface area contributed by atoms with Crippen LogP contribution in [0.2, 0.25) is 0 Å². The number of piperazine rings is 1. The largest absolute Gasteiger partial charge is 0.465 e. The number of nitrogens with zero attached hydrogens (tertiary/aromatic N) is 2. The molecule has 142 valence electrons. The van der Waals surface area contributed by atoms with Gasteiger partial charge >= 0.3 is 5.97 Å². The molecule has 7 heteroatoms. The summed E-state index contributed by atoms with van der Waals surface area (Å²) in [6.45, 7) is 5.91. The van der Waals surface area contributed by atoms with Crippen molar-refractivity contribution in [1.82, 2.24) is 15.8 Å². The molecular weight excluding hydrogens is 332 g/mol. The Morgan fingerprint density at radius 1 is 1.15 bits per heavy atom. The van der Waals surface area contributed by atoms with Crippen LogP contribution in [0.5, 0.6) is 0 Å². The van der Waals surface area contributed by atoms with Gasteiger partial charge in [-0.25, -0.2) is 4.79 Å². The molecule has 2 atom stereocenters. The Morgan fingerprint density at radius 3 is 2.46 bits per heavy atom. The molecule has 0 spiro atoms. The van der Waals surface area contributed by atoms with Gasteiger partial charge in [-0.05, 0) is 30.7 Å². The van der Waals surface area contributed by atoms with E-state index >= 15 is 0 Å². The van der Waals surface area contributed by atoms with Crippen molar-refractivity contribution in [1.29, 1.82) is 0 Å². The summed E-state index contributed by atoms with van der Waals surface area (Å²) in [4.78, 5) is 28.6. The number of anilines is 1. The summed E-state index contributed by atoms with van der Waals surface area (Å²) in [6, 6.07) is 7.67. The van der Waals surface area contributed by atoms with E-state index < -0.39 is 0 Å². The van der Waals surface area contributed by atoms with Crippen molar-refractivity contribution >= 4 is 17.6 Å². The summed E-state index contributed by atoms with van der Waals surface area (Å²) in [5, 5.41) is 0. The summed E-state index contributed by atoms with van der Waals surface area (Å²) in [5.41, 5.74) is 7.99. The van der Waals surface area contributed by atoms with Gasteiger partial charge in [0.1, 0.15) is 0 Å². The number of hydrazine groups is 1. The maximum Gasteiger partial charge on any atom is 0.337 e. The number of methoxy groups -OCH3 is 1. The molecule has 0 radical (unpaired) electrons. The van der Waals surface area contributed by atoms with Crippen LogP contribution in [0.4, 0.5) is 5.69 Å². The predicted molar refractivity (Wildman–Crippen MR) is 99.9 cm³/mol. The number of ether oxygens (including phenoxy) is 1. The number of carbonyl (C=O) groups excluding carboxylic acids is 2. The van der Waals surface area contributed by atoms with Crippen molar-refractivity contribution in [3.63, 3.8) is 0 Å². The third-order valence-electron chi connectivity index (χ3n) is 5.26. The van der Waals surface area contributed by atoms with Gasteiger partial charge in [-0.1, -0.05) is 13.3 Å². The second-order valence-electron chi connectivity index (χ2n) is 6.88. The number of hydrogen-bond donors (Lipinski definition) is 2. The van der Waals surface area contributed by atoms with Crippen molar-refractivity contribution in [3.05, 3.63) is 29.8 Å². The molecule has 2 heterocycles. The van der Waals surface area contributed by atoms with E-state index in [0.717, 1.165) is 44.7 Å². The van der Waals surface area contributed by atoms with Gasteiger partial charge in [0, 0.05) is 44.5 Å². The fourth-order valence-electron chi connectivity index (χ4n) is 3.73. The van der Waals surface area contributed by atoms with E-state index in [4.69, 9.17) is 4.74 Å². The van der Waals surface area contributed by atoms with Crippen molar-refractivity contribution in [2.24, 2.45) is 5.92 Å². The quantitative estimate of drug-likeness (QED) is 0.764. The minimum Gasteiger partial charge on any atom is -0.465 e. The highest BCUT2D eigenvalue weighted by molar-refractivity contribution is 5.89. The number of amides is 1. The SMILES string of the molecule is CCCC1NNCC1C(=O)N1CCN(c2ccc(C(=O)OC)cc2)CC1. The molecule has 1 amide bonds. The average molecular weight is 360 g/mol. The molecule has 1 aromatic carbocycles. The molecule has 2 N–H and O–H groups in total. The van der Waals surface area contributed by atoms with Gasteiger partial charge in [0.15, 0.2) is 0 Å². The van der Waals surface area contributed by atoms with Gasteiger partial charge in [0.05, 0.1) is 18.6 Å². The van der Waals surface area contributed by atoms with E-state index in [1.54, 1.807) is 12.1 Å². The van der Waals surface area contributed by atoms with Crippen LogP contribution in [0.3, 0.4) is 0 Å². The van der Waals surface area contributed by atoms with Gasteiger partial charge < -0.3 is 14.5 Å². The number of carbonyl (C=O) groups is 2. The molecule has 0 aromatic heterocycles. The van der Waals surface area contributed by atoms with E-state index in [1.165, 1.54) is 7.11 Å². The van der Waals surface area contributed by atoms with Gasteiger partial charge in [-0.15, -0.1) is 0 Å². The lowest BCUT2D eigenvalue weighted by atomic mass is 9.96. The van der Waals surface area contributed by atoms with Crippen LogP contribution in [-0.2, 0) is 9.53 Å². The minimum absolute atomic E-state index is 0.0286. The first-order chi connectivity index (χ1) is 12.6. The number of esters is 1. The fourth-order valence-corrected chi connectivity index (χ4v) is 3.73. The molecule has 2 fully saturated rings. The summed E-state index contributed by atoms with van der Waals surface area (Å²) in [5.74, 6) is -0.0464. The van der Waals surface area contributed by atoms with Gasteiger partial charge in [-0.2, -0.15) is 0 Å². The molecule has 1 aromatic rings. The highest BCUT2D eigenvalue weighted by atomic mass is 16.5. The molecule has 7 nitrogen and oxygen atoms in total. The molecule has 0 aliphatic carbocycles. The lowest BCUT2D eigenvalue weighted by Crippen LogP contribution is -2.52. The number of hydrogen-bond acceptors (Lipinski definition) is 6. The number of rotatable bonds is 5. The van der Waals surface area contributed by atoms with Crippen LogP contribution in [-0.4, -0.2) is 62.7 Å². The zero-order valence-electron chi connectivity index (χ0n) is 15.5. The Bertz CT molecular complexity index is 626. The Labute approximate surface area is 154 Å². The molecule has 2 aliphatic rings. The topological polar surface area (TPSA) is 73.9 Å². The van der Waals surface area contributed by atoms with Crippen LogP contribution in [0, 0.1) is 5.92 Å². The van der Waals surface area contributed by atoms with E-state index in [9.17, 15) is 9.59 Å². The highest BCUT2D eigenvalue weighted by Crippen LogP contribution is 2.21. The first kappa shape index (κ1) is 18.7. The average Bonchev–Trinajstić information content (AvgIpc) is 3.15. The van der Waals surface area contributed by atoms with Crippen LogP contribution in [0.15, 0.2) is 24.3 Å². The van der Waals surface area contributed by atoms with E-state index in [0.29, 0.717) is 12.1 Å². The first-order valence-electron chi connectivity index (χ1n) is 9.34. The third-order valence-corrected chi connectivity index (χ3v) is 5.26. The highest BCUT2D eigenvalue weighted by Gasteiger charge is 2.35. The number of nitrogens with one attached hydrogen (secondary N) is 2. The van der Waals surface area contributed by atoms with Crippen molar-refractivity contribution in [2.45, 2.75) is 25.8 Å². The summed E-state index contributed by atoms with van der Waals surface area (Å²) in [7, 11) is 1.38. The maximum absolute atomic E-state index is 12.9. The molecule has 26 heavy (non-hydrogen) atoms. The first-order valence-corrected chi connectivity index (χ1v) is 9.34. The minimum atomic E-state index is -0.326.